The third kappa shape index (κ3) is 4.20. The molecule has 1 aromatic heterocycles. The van der Waals surface area contributed by atoms with Crippen molar-refractivity contribution in [1.82, 2.24) is 4.98 Å². The first-order valence-corrected chi connectivity index (χ1v) is 6.57. The molecule has 0 saturated heterocycles. The standard InChI is InChI=1S/C15H18N2O2.BrH/c1-2-12-5-6-13(14(10-12)15(18)19)4-3-8-17-9-7-16-11-17;/h5-7,9-11H,2-4,8H2,1H3,(H,18,19);1H. The maximum Gasteiger partial charge on any atom is 0.335 e. The Bertz CT molecular complexity index is 553. The second-order valence-electron chi connectivity index (χ2n) is 4.60. The number of imidazole rings is 1. The summed E-state index contributed by atoms with van der Waals surface area (Å²) in [7, 11) is 0. The van der Waals surface area contributed by atoms with E-state index in [0.717, 1.165) is 36.9 Å². The molecule has 2 rings (SSSR count). The zero-order valence-corrected chi connectivity index (χ0v) is 13.1. The van der Waals surface area contributed by atoms with Crippen molar-refractivity contribution in [1.29, 1.82) is 0 Å². The number of H-pyrrole nitrogens is 1. The second-order valence-corrected chi connectivity index (χ2v) is 4.60. The number of aromatic amines is 1. The van der Waals surface area contributed by atoms with Gasteiger partial charge < -0.3 is 22.1 Å². The van der Waals surface area contributed by atoms with E-state index in [1.807, 2.05) is 37.8 Å². The van der Waals surface area contributed by atoms with E-state index in [-0.39, 0.29) is 17.0 Å². The van der Waals surface area contributed by atoms with Gasteiger partial charge in [0.15, 0.2) is 0 Å². The summed E-state index contributed by atoms with van der Waals surface area (Å²) >= 11 is 0. The van der Waals surface area contributed by atoms with E-state index in [1.54, 1.807) is 6.07 Å². The highest BCUT2D eigenvalue weighted by atomic mass is 79.9. The fraction of sp³-hybridized carbons (Fsp3) is 0.333. The number of aromatic carboxylic acids is 1. The summed E-state index contributed by atoms with van der Waals surface area (Å²) in [4.78, 5) is 14.3. The Morgan fingerprint density at radius 3 is 2.80 bits per heavy atom. The van der Waals surface area contributed by atoms with Crippen LogP contribution in [-0.4, -0.2) is 16.1 Å². The fourth-order valence-electron chi connectivity index (χ4n) is 2.17. The van der Waals surface area contributed by atoms with Crippen molar-refractivity contribution in [2.45, 2.75) is 32.7 Å². The van der Waals surface area contributed by atoms with Gasteiger partial charge in [0.05, 0.1) is 12.1 Å². The molecule has 20 heavy (non-hydrogen) atoms. The number of hydrogen-bond donors (Lipinski definition) is 2. The van der Waals surface area contributed by atoms with Gasteiger partial charge in [0.25, 0.3) is 0 Å². The molecule has 0 aliphatic carbocycles. The summed E-state index contributed by atoms with van der Waals surface area (Å²) in [5.74, 6) is -0.834. The fourth-order valence-corrected chi connectivity index (χ4v) is 2.17. The van der Waals surface area contributed by atoms with Crippen LogP contribution in [0.1, 0.15) is 34.8 Å². The normalized spacial score (nSPS) is 10.1. The van der Waals surface area contributed by atoms with Gasteiger partial charge in [0.2, 0.25) is 6.33 Å². The number of aryl methyl sites for hydroxylation is 3. The molecule has 5 heteroatoms. The van der Waals surface area contributed by atoms with E-state index in [9.17, 15) is 9.90 Å². The van der Waals surface area contributed by atoms with E-state index in [4.69, 9.17) is 0 Å². The van der Waals surface area contributed by atoms with Crippen LogP contribution < -0.4 is 21.5 Å². The number of nitrogens with zero attached hydrogens (tertiary/aromatic N) is 1. The van der Waals surface area contributed by atoms with Gasteiger partial charge >= 0.3 is 5.97 Å². The molecule has 0 saturated carbocycles. The quantitative estimate of drug-likeness (QED) is 0.677. The molecule has 0 aliphatic rings. The number of carbonyl (C=O) groups is 1. The smallest absolute Gasteiger partial charge is 0.335 e. The van der Waals surface area contributed by atoms with E-state index in [1.165, 1.54) is 0 Å². The maximum atomic E-state index is 11.3. The van der Waals surface area contributed by atoms with Crippen molar-refractivity contribution in [3.05, 3.63) is 53.6 Å². The summed E-state index contributed by atoms with van der Waals surface area (Å²) < 4.78 is 2.06. The Labute approximate surface area is 129 Å². The lowest BCUT2D eigenvalue weighted by Crippen LogP contribution is -3.00. The third-order valence-corrected chi connectivity index (χ3v) is 3.28. The van der Waals surface area contributed by atoms with E-state index < -0.39 is 5.97 Å². The van der Waals surface area contributed by atoms with Gasteiger partial charge in [-0.25, -0.2) is 9.36 Å². The first-order chi connectivity index (χ1) is 9.20. The van der Waals surface area contributed by atoms with Gasteiger partial charge in [-0.3, -0.25) is 4.98 Å². The Morgan fingerprint density at radius 1 is 1.40 bits per heavy atom. The van der Waals surface area contributed by atoms with Crippen molar-refractivity contribution in [2.75, 3.05) is 0 Å². The lowest BCUT2D eigenvalue weighted by atomic mass is 9.99. The minimum atomic E-state index is -0.834. The highest BCUT2D eigenvalue weighted by Crippen LogP contribution is 2.15. The van der Waals surface area contributed by atoms with Crippen LogP contribution in [0.5, 0.6) is 0 Å². The van der Waals surface area contributed by atoms with Gasteiger partial charge in [-0.2, -0.15) is 0 Å². The molecule has 0 atom stereocenters. The maximum absolute atomic E-state index is 11.3. The van der Waals surface area contributed by atoms with Gasteiger partial charge in [-0.05, 0) is 36.5 Å². The second kappa shape index (κ2) is 7.85. The number of aromatic nitrogens is 2. The number of nitrogens with one attached hydrogen (secondary N) is 1. The topological polar surface area (TPSA) is 57.0 Å². The van der Waals surface area contributed by atoms with Crippen LogP contribution in [0.2, 0.25) is 0 Å². The highest BCUT2D eigenvalue weighted by Gasteiger charge is 2.10. The van der Waals surface area contributed by atoms with Gasteiger partial charge in [0, 0.05) is 0 Å². The van der Waals surface area contributed by atoms with Crippen LogP contribution in [-0.2, 0) is 19.4 Å². The number of halogens is 1. The molecule has 0 unspecified atom stereocenters. The number of benzene rings is 1. The first kappa shape index (κ1) is 16.4. The van der Waals surface area contributed by atoms with Crippen LogP contribution in [0.25, 0.3) is 0 Å². The Hall–Kier alpha value is -1.62. The molecule has 0 aliphatic heterocycles. The van der Waals surface area contributed by atoms with Crippen LogP contribution >= 0.6 is 0 Å². The summed E-state index contributed by atoms with van der Waals surface area (Å²) in [6.45, 7) is 2.92. The molecule has 0 bridgehead atoms. The van der Waals surface area contributed by atoms with Crippen molar-refractivity contribution in [2.24, 2.45) is 0 Å². The predicted octanol–water partition coefficient (Wildman–Crippen LogP) is -0.800. The van der Waals surface area contributed by atoms with Gasteiger partial charge in [0.1, 0.15) is 12.4 Å². The first-order valence-electron chi connectivity index (χ1n) is 6.57. The molecular formula is C15H19BrN2O2. The molecule has 108 valence electrons. The van der Waals surface area contributed by atoms with Crippen molar-refractivity contribution >= 4 is 5.97 Å². The van der Waals surface area contributed by atoms with Crippen LogP contribution in [0.4, 0.5) is 0 Å². The predicted molar refractivity (Wildman–Crippen MR) is 72.1 cm³/mol. The zero-order chi connectivity index (χ0) is 13.7. The van der Waals surface area contributed by atoms with E-state index in [2.05, 4.69) is 9.55 Å². The average Bonchev–Trinajstić information content (AvgIpc) is 2.92. The molecule has 0 radical (unpaired) electrons. The minimum Gasteiger partial charge on any atom is -1.00 e. The summed E-state index contributed by atoms with van der Waals surface area (Å²) in [5.41, 5.74) is 2.43. The number of carboxylic acids is 1. The molecule has 2 aromatic rings. The minimum absolute atomic E-state index is 0. The Balaban J connectivity index is 0.00000200. The SMILES string of the molecule is CCc1ccc(CCC[n+]2cc[nH]c2)c(C(=O)O)c1.[Br-]. The molecule has 1 aromatic carbocycles. The molecule has 1 heterocycles. The summed E-state index contributed by atoms with van der Waals surface area (Å²) in [6, 6.07) is 5.76. The number of hydrogen-bond acceptors (Lipinski definition) is 1. The Kier molecular flexibility index (Phi) is 6.45. The van der Waals surface area contributed by atoms with Crippen molar-refractivity contribution < 1.29 is 31.4 Å². The van der Waals surface area contributed by atoms with Gasteiger partial charge in [-0.15, -0.1) is 0 Å². The van der Waals surface area contributed by atoms with Crippen LogP contribution in [0.3, 0.4) is 0 Å². The molecule has 4 nitrogen and oxygen atoms in total. The number of rotatable bonds is 6. The van der Waals surface area contributed by atoms with Crippen LogP contribution in [0.15, 0.2) is 36.9 Å². The Morgan fingerprint density at radius 2 is 2.20 bits per heavy atom. The highest BCUT2D eigenvalue weighted by molar-refractivity contribution is 5.89. The van der Waals surface area contributed by atoms with E-state index in [0.29, 0.717) is 5.56 Å². The van der Waals surface area contributed by atoms with Gasteiger partial charge in [-0.1, -0.05) is 19.1 Å². The zero-order valence-electron chi connectivity index (χ0n) is 11.5. The lowest BCUT2D eigenvalue weighted by molar-refractivity contribution is -0.696. The van der Waals surface area contributed by atoms with E-state index >= 15 is 0 Å². The lowest BCUT2D eigenvalue weighted by Gasteiger charge is -2.07. The van der Waals surface area contributed by atoms with Crippen molar-refractivity contribution in [3.8, 4) is 0 Å². The van der Waals surface area contributed by atoms with Crippen LogP contribution in [0, 0.1) is 0 Å². The van der Waals surface area contributed by atoms with Crippen molar-refractivity contribution in [3.63, 3.8) is 0 Å². The molecule has 2 N–H and O–H groups in total. The number of carboxylic acid groups (broad SMARTS) is 1. The molecule has 0 amide bonds. The summed E-state index contributed by atoms with van der Waals surface area (Å²) in [5, 5.41) is 9.26. The summed E-state index contributed by atoms with van der Waals surface area (Å²) in [6.07, 6.45) is 8.31. The third-order valence-electron chi connectivity index (χ3n) is 3.28. The molecule has 0 fully saturated rings. The average molecular weight is 339 g/mol. The molecular weight excluding hydrogens is 320 g/mol. The molecule has 0 spiro atoms. The monoisotopic (exact) mass is 338 g/mol. The largest absolute Gasteiger partial charge is 1.00 e.